The Morgan fingerprint density at radius 3 is 2.52 bits per heavy atom. The van der Waals surface area contributed by atoms with Gasteiger partial charge in [0, 0.05) is 25.1 Å². The number of nitrogens with one attached hydrogen (secondary N) is 1. The molecule has 2 aromatic rings. The predicted molar refractivity (Wildman–Crippen MR) is 107 cm³/mol. The number of amides is 2. The van der Waals surface area contributed by atoms with Crippen LogP contribution in [-0.2, 0) is 16.1 Å². The van der Waals surface area contributed by atoms with Gasteiger partial charge in [0.1, 0.15) is 0 Å². The van der Waals surface area contributed by atoms with Gasteiger partial charge in [-0.3, -0.25) is 9.59 Å². The molecular formula is C21H23N3O5. The molecule has 2 amide bonds. The lowest BCUT2D eigenvalue weighted by Crippen LogP contribution is -2.30. The van der Waals surface area contributed by atoms with Crippen LogP contribution in [0.4, 0.5) is 0 Å². The number of carbonyl (C=O) groups is 2. The van der Waals surface area contributed by atoms with Crippen molar-refractivity contribution in [2.45, 2.75) is 13.0 Å². The molecule has 1 aliphatic rings. The first-order valence-corrected chi connectivity index (χ1v) is 9.11. The Balaban J connectivity index is 1.59. The fourth-order valence-electron chi connectivity index (χ4n) is 3.15. The van der Waals surface area contributed by atoms with Gasteiger partial charge < -0.3 is 19.5 Å². The van der Waals surface area contributed by atoms with E-state index in [4.69, 9.17) is 9.47 Å². The normalized spacial score (nSPS) is 16.3. The third kappa shape index (κ3) is 4.84. The number of hydrazone groups is 1. The van der Waals surface area contributed by atoms with E-state index in [9.17, 15) is 14.7 Å². The van der Waals surface area contributed by atoms with Crippen molar-refractivity contribution in [1.29, 1.82) is 0 Å². The maximum Gasteiger partial charge on any atom is 0.245 e. The smallest absolute Gasteiger partial charge is 0.245 e. The fraction of sp³-hybridized carbons (Fsp3) is 0.286. The van der Waals surface area contributed by atoms with Crippen LogP contribution >= 0.6 is 0 Å². The van der Waals surface area contributed by atoms with Crippen molar-refractivity contribution in [2.24, 2.45) is 11.0 Å². The van der Waals surface area contributed by atoms with Crippen LogP contribution in [-0.4, -0.2) is 48.8 Å². The summed E-state index contributed by atoms with van der Waals surface area (Å²) in [7, 11) is 2.85. The van der Waals surface area contributed by atoms with E-state index in [0.29, 0.717) is 18.7 Å². The summed E-state index contributed by atoms with van der Waals surface area (Å²) in [5.41, 5.74) is 4.07. The first-order valence-electron chi connectivity index (χ1n) is 9.11. The van der Waals surface area contributed by atoms with E-state index in [0.717, 1.165) is 5.56 Å². The number of hydrogen-bond donors (Lipinski definition) is 2. The van der Waals surface area contributed by atoms with Gasteiger partial charge in [0.2, 0.25) is 17.6 Å². The van der Waals surface area contributed by atoms with Gasteiger partial charge in [-0.05, 0) is 17.7 Å². The summed E-state index contributed by atoms with van der Waals surface area (Å²) < 4.78 is 10.2. The second-order valence-corrected chi connectivity index (χ2v) is 6.67. The molecule has 0 aliphatic carbocycles. The Kier molecular flexibility index (Phi) is 6.33. The van der Waals surface area contributed by atoms with Gasteiger partial charge in [-0.1, -0.05) is 30.3 Å². The summed E-state index contributed by atoms with van der Waals surface area (Å²) in [5.74, 6) is -0.467. The van der Waals surface area contributed by atoms with Crippen LogP contribution in [0.2, 0.25) is 0 Å². The molecule has 0 radical (unpaired) electrons. The molecule has 8 heteroatoms. The van der Waals surface area contributed by atoms with Crippen LogP contribution in [0.25, 0.3) is 0 Å². The number of nitrogens with zero attached hydrogens (tertiary/aromatic N) is 2. The SMILES string of the molecule is COc1cc(/C=N/NC(=O)C2CC(=O)N(Cc3ccccc3)C2)cc(OC)c1O. The molecule has 1 aliphatic heterocycles. The number of phenols is 1. The quantitative estimate of drug-likeness (QED) is 0.549. The van der Waals surface area contributed by atoms with E-state index in [2.05, 4.69) is 10.5 Å². The third-order valence-electron chi connectivity index (χ3n) is 4.69. The van der Waals surface area contributed by atoms with Crippen molar-refractivity contribution in [3.8, 4) is 17.2 Å². The topological polar surface area (TPSA) is 100 Å². The largest absolute Gasteiger partial charge is 0.502 e. The van der Waals surface area contributed by atoms with Crippen molar-refractivity contribution in [3.63, 3.8) is 0 Å². The maximum absolute atomic E-state index is 12.4. The number of ether oxygens (including phenoxy) is 2. The van der Waals surface area contributed by atoms with Crippen molar-refractivity contribution in [3.05, 3.63) is 53.6 Å². The minimum Gasteiger partial charge on any atom is -0.502 e. The number of phenolic OH excluding ortho intramolecular Hbond substituents is 1. The van der Waals surface area contributed by atoms with Gasteiger partial charge in [-0.15, -0.1) is 0 Å². The van der Waals surface area contributed by atoms with Gasteiger partial charge in [-0.25, -0.2) is 5.43 Å². The highest BCUT2D eigenvalue weighted by Gasteiger charge is 2.34. The van der Waals surface area contributed by atoms with Crippen molar-refractivity contribution < 1.29 is 24.2 Å². The Labute approximate surface area is 168 Å². The maximum atomic E-state index is 12.4. The molecule has 29 heavy (non-hydrogen) atoms. The molecule has 1 atom stereocenters. The first kappa shape index (κ1) is 20.2. The minimum atomic E-state index is -0.452. The van der Waals surface area contributed by atoms with Gasteiger partial charge in [0.05, 0.1) is 26.4 Å². The average Bonchev–Trinajstić information content (AvgIpc) is 3.10. The van der Waals surface area contributed by atoms with Crippen molar-refractivity contribution >= 4 is 18.0 Å². The lowest BCUT2D eigenvalue weighted by Gasteiger charge is -2.16. The first-order chi connectivity index (χ1) is 14.0. The van der Waals surface area contributed by atoms with E-state index in [1.54, 1.807) is 17.0 Å². The monoisotopic (exact) mass is 397 g/mol. The number of likely N-dealkylation sites (tertiary alicyclic amines) is 1. The Hall–Kier alpha value is -3.55. The fourth-order valence-corrected chi connectivity index (χ4v) is 3.15. The highest BCUT2D eigenvalue weighted by molar-refractivity contribution is 5.90. The molecule has 152 valence electrons. The van der Waals surface area contributed by atoms with Gasteiger partial charge >= 0.3 is 0 Å². The highest BCUT2D eigenvalue weighted by Crippen LogP contribution is 2.36. The lowest BCUT2D eigenvalue weighted by molar-refractivity contribution is -0.129. The Morgan fingerprint density at radius 2 is 1.90 bits per heavy atom. The Morgan fingerprint density at radius 1 is 1.24 bits per heavy atom. The molecule has 0 saturated carbocycles. The highest BCUT2D eigenvalue weighted by atomic mass is 16.5. The van der Waals surface area contributed by atoms with Gasteiger partial charge in [-0.2, -0.15) is 5.10 Å². The summed E-state index contributed by atoms with van der Waals surface area (Å²) in [6.45, 7) is 0.843. The van der Waals surface area contributed by atoms with Crippen LogP contribution in [0, 0.1) is 5.92 Å². The second-order valence-electron chi connectivity index (χ2n) is 6.67. The number of hydrogen-bond acceptors (Lipinski definition) is 6. The van der Waals surface area contributed by atoms with E-state index < -0.39 is 5.92 Å². The summed E-state index contributed by atoms with van der Waals surface area (Å²) >= 11 is 0. The number of aromatic hydroxyl groups is 1. The molecule has 8 nitrogen and oxygen atoms in total. The van der Waals surface area contributed by atoms with Crippen LogP contribution in [0.3, 0.4) is 0 Å². The van der Waals surface area contributed by atoms with Crippen LogP contribution < -0.4 is 14.9 Å². The lowest BCUT2D eigenvalue weighted by atomic mass is 10.1. The van der Waals surface area contributed by atoms with E-state index in [1.807, 2.05) is 30.3 Å². The zero-order valence-corrected chi connectivity index (χ0v) is 16.3. The second kappa shape index (κ2) is 9.09. The molecule has 2 aromatic carbocycles. The van der Waals surface area contributed by atoms with Crippen molar-refractivity contribution in [1.82, 2.24) is 10.3 Å². The summed E-state index contributed by atoms with van der Waals surface area (Å²) in [5, 5.41) is 13.9. The third-order valence-corrected chi connectivity index (χ3v) is 4.69. The molecule has 3 rings (SSSR count). The van der Waals surface area contributed by atoms with E-state index >= 15 is 0 Å². The molecule has 0 aromatic heterocycles. The van der Waals surface area contributed by atoms with Crippen molar-refractivity contribution in [2.75, 3.05) is 20.8 Å². The van der Waals surface area contributed by atoms with Gasteiger partial charge in [0.25, 0.3) is 0 Å². The minimum absolute atomic E-state index is 0.0500. The summed E-state index contributed by atoms with van der Waals surface area (Å²) in [6, 6.07) is 12.8. The summed E-state index contributed by atoms with van der Waals surface area (Å²) in [6.07, 6.45) is 1.58. The van der Waals surface area contributed by atoms with Crippen LogP contribution in [0.1, 0.15) is 17.5 Å². The predicted octanol–water partition coefficient (Wildman–Crippen LogP) is 1.91. The standard InChI is InChI=1S/C21H23N3O5/c1-28-17-8-15(9-18(29-2)20(17)26)11-22-23-21(27)16-10-19(25)24(13-16)12-14-6-4-3-5-7-14/h3-9,11,16,26H,10,12-13H2,1-2H3,(H,23,27)/b22-11+. The zero-order chi connectivity index (χ0) is 20.8. The molecule has 0 spiro atoms. The number of methoxy groups -OCH3 is 2. The number of carbonyl (C=O) groups excluding carboxylic acids is 2. The van der Waals surface area contributed by atoms with Gasteiger partial charge in [0.15, 0.2) is 11.5 Å². The number of benzene rings is 2. The molecule has 1 heterocycles. The average molecular weight is 397 g/mol. The summed E-state index contributed by atoms with van der Waals surface area (Å²) in [4.78, 5) is 26.3. The molecule has 1 unspecified atom stereocenters. The van der Waals surface area contributed by atoms with E-state index in [-0.39, 0.29) is 35.5 Å². The van der Waals surface area contributed by atoms with Crippen LogP contribution in [0.15, 0.2) is 47.6 Å². The Bertz CT molecular complexity index is 889. The molecule has 0 bridgehead atoms. The molecule has 1 fully saturated rings. The molecule has 2 N–H and O–H groups in total. The zero-order valence-electron chi connectivity index (χ0n) is 16.3. The molecule has 1 saturated heterocycles. The molecular weight excluding hydrogens is 374 g/mol. The van der Waals surface area contributed by atoms with Crippen LogP contribution in [0.5, 0.6) is 17.2 Å². The number of rotatable bonds is 7. The van der Waals surface area contributed by atoms with E-state index in [1.165, 1.54) is 20.4 Å².